The summed E-state index contributed by atoms with van der Waals surface area (Å²) < 4.78 is 0. The van der Waals surface area contributed by atoms with E-state index in [0.717, 1.165) is 29.9 Å². The van der Waals surface area contributed by atoms with Crippen LogP contribution in [0.15, 0.2) is 152 Å². The van der Waals surface area contributed by atoms with Crippen molar-refractivity contribution in [2.45, 2.75) is 32.1 Å². The smallest absolute Gasteiger partial charge is 0.0468 e. The van der Waals surface area contributed by atoms with Crippen molar-refractivity contribution in [2.75, 3.05) is 4.90 Å². The summed E-state index contributed by atoms with van der Waals surface area (Å²) in [7, 11) is 0. The van der Waals surface area contributed by atoms with Crippen LogP contribution < -0.4 is 4.90 Å². The first-order chi connectivity index (χ1) is 21.7. The van der Waals surface area contributed by atoms with Crippen LogP contribution in [0.25, 0.3) is 43.8 Å². The first-order valence-corrected chi connectivity index (χ1v) is 15.8. The van der Waals surface area contributed by atoms with Gasteiger partial charge in [0.2, 0.25) is 0 Å². The lowest BCUT2D eigenvalue weighted by atomic mass is 9.73. The fourth-order valence-electron chi connectivity index (χ4n) is 7.60. The van der Waals surface area contributed by atoms with Gasteiger partial charge in [0.1, 0.15) is 0 Å². The molecule has 1 aliphatic carbocycles. The Kier molecular flexibility index (Phi) is 6.34. The molecule has 0 fully saturated rings. The second kappa shape index (κ2) is 10.5. The molecule has 1 nitrogen and oxygen atoms in total. The highest BCUT2D eigenvalue weighted by atomic mass is 15.1. The topological polar surface area (TPSA) is 3.24 Å². The van der Waals surface area contributed by atoms with Gasteiger partial charge in [-0.3, -0.25) is 0 Å². The van der Waals surface area contributed by atoms with Crippen LogP contribution >= 0.6 is 0 Å². The number of nitrogens with zero attached hydrogens (tertiary/aromatic N) is 1. The van der Waals surface area contributed by atoms with Crippen molar-refractivity contribution < 1.29 is 0 Å². The van der Waals surface area contributed by atoms with Crippen molar-refractivity contribution in [2.24, 2.45) is 0 Å². The second-order valence-corrected chi connectivity index (χ2v) is 12.0. The van der Waals surface area contributed by atoms with Crippen molar-refractivity contribution in [3.05, 3.63) is 163 Å². The standard InChI is InChI=1S/C43H35N/c1-3-43(4-2)41-18-12-11-17-37(41)40-27-33-20-19-32-23-26-36(28-38(32)39(33)29-42(40)43)44(34-15-9-6-10-16-34)35-24-21-31(22-25-35)30-13-7-5-8-14-30/h5-29H,3-4H2,1-2H3. The molecule has 0 saturated carbocycles. The van der Waals surface area contributed by atoms with Gasteiger partial charge < -0.3 is 4.90 Å². The molecule has 0 spiro atoms. The van der Waals surface area contributed by atoms with E-state index in [4.69, 9.17) is 0 Å². The van der Waals surface area contributed by atoms with Gasteiger partial charge in [-0.25, -0.2) is 0 Å². The maximum Gasteiger partial charge on any atom is 0.0468 e. The predicted molar refractivity (Wildman–Crippen MR) is 188 cm³/mol. The van der Waals surface area contributed by atoms with Crippen LogP contribution in [0.4, 0.5) is 17.1 Å². The predicted octanol–water partition coefficient (Wildman–Crippen LogP) is 12.2. The summed E-state index contributed by atoms with van der Waals surface area (Å²) in [6.07, 6.45) is 2.19. The Hall–Kier alpha value is -5.14. The number of anilines is 3. The zero-order valence-corrected chi connectivity index (χ0v) is 25.3. The minimum atomic E-state index is 0.0520. The molecule has 0 atom stereocenters. The van der Waals surface area contributed by atoms with Gasteiger partial charge in [0.15, 0.2) is 0 Å². The summed E-state index contributed by atoms with van der Waals surface area (Å²) in [5, 5.41) is 5.18. The lowest BCUT2D eigenvalue weighted by molar-refractivity contribution is 0.491. The van der Waals surface area contributed by atoms with Gasteiger partial charge >= 0.3 is 0 Å². The van der Waals surface area contributed by atoms with Crippen LogP contribution in [0.3, 0.4) is 0 Å². The van der Waals surface area contributed by atoms with Crippen LogP contribution in [-0.4, -0.2) is 0 Å². The van der Waals surface area contributed by atoms with Crippen LogP contribution in [0.2, 0.25) is 0 Å². The molecule has 0 aromatic heterocycles. The van der Waals surface area contributed by atoms with Crippen molar-refractivity contribution in [3.63, 3.8) is 0 Å². The van der Waals surface area contributed by atoms with Gasteiger partial charge in [0.05, 0.1) is 0 Å². The van der Waals surface area contributed by atoms with E-state index in [9.17, 15) is 0 Å². The molecular weight excluding hydrogens is 530 g/mol. The number of rotatable bonds is 6. The third-order valence-electron chi connectivity index (χ3n) is 9.92. The maximum absolute atomic E-state index is 2.52. The van der Waals surface area contributed by atoms with E-state index in [1.165, 1.54) is 54.9 Å². The van der Waals surface area contributed by atoms with Gasteiger partial charge in [-0.15, -0.1) is 0 Å². The molecule has 1 aliphatic rings. The van der Waals surface area contributed by atoms with Gasteiger partial charge in [-0.05, 0) is 116 Å². The third kappa shape index (κ3) is 4.07. The Morgan fingerprint density at radius 2 is 1.00 bits per heavy atom. The molecule has 0 N–H and O–H groups in total. The molecule has 0 radical (unpaired) electrons. The summed E-state index contributed by atoms with van der Waals surface area (Å²) in [5.74, 6) is 0. The fourth-order valence-corrected chi connectivity index (χ4v) is 7.60. The lowest BCUT2D eigenvalue weighted by Crippen LogP contribution is -2.22. The molecule has 7 aromatic carbocycles. The highest BCUT2D eigenvalue weighted by Crippen LogP contribution is 2.54. The average molecular weight is 566 g/mol. The van der Waals surface area contributed by atoms with E-state index in [-0.39, 0.29) is 5.41 Å². The third-order valence-corrected chi connectivity index (χ3v) is 9.92. The minimum Gasteiger partial charge on any atom is -0.310 e. The van der Waals surface area contributed by atoms with Gasteiger partial charge in [-0.1, -0.05) is 117 Å². The summed E-state index contributed by atoms with van der Waals surface area (Å²) in [5.41, 5.74) is 11.7. The molecule has 1 heteroatoms. The SMILES string of the molecule is CCC1(CC)c2ccccc2-c2cc3ccc4ccc(N(c5ccccc5)c5ccc(-c6ccccc6)cc5)cc4c3cc21. The molecule has 0 bridgehead atoms. The second-order valence-electron chi connectivity index (χ2n) is 12.0. The van der Waals surface area contributed by atoms with Gasteiger partial charge in [0.25, 0.3) is 0 Å². The van der Waals surface area contributed by atoms with Crippen LogP contribution in [-0.2, 0) is 5.41 Å². The highest BCUT2D eigenvalue weighted by molar-refractivity contribution is 6.11. The molecule has 8 rings (SSSR count). The molecule has 0 saturated heterocycles. The normalized spacial score (nSPS) is 13.1. The molecule has 212 valence electrons. The summed E-state index contributed by atoms with van der Waals surface area (Å²) >= 11 is 0. The van der Waals surface area contributed by atoms with Crippen molar-refractivity contribution in [1.29, 1.82) is 0 Å². The first kappa shape index (κ1) is 26.5. The van der Waals surface area contributed by atoms with Gasteiger partial charge in [-0.2, -0.15) is 0 Å². The van der Waals surface area contributed by atoms with E-state index in [2.05, 4.69) is 170 Å². The number of hydrogen-bond donors (Lipinski definition) is 0. The zero-order chi connectivity index (χ0) is 29.7. The van der Waals surface area contributed by atoms with Crippen LogP contribution in [0.5, 0.6) is 0 Å². The monoisotopic (exact) mass is 565 g/mol. The number of benzene rings is 7. The molecule has 7 aromatic rings. The molecule has 0 amide bonds. The van der Waals surface area contributed by atoms with E-state index < -0.39 is 0 Å². The van der Waals surface area contributed by atoms with Crippen LogP contribution in [0, 0.1) is 0 Å². The Morgan fingerprint density at radius 3 is 1.75 bits per heavy atom. The maximum atomic E-state index is 2.52. The Balaban J connectivity index is 1.31. The lowest BCUT2D eigenvalue weighted by Gasteiger charge is -2.30. The van der Waals surface area contributed by atoms with E-state index in [1.54, 1.807) is 0 Å². The first-order valence-electron chi connectivity index (χ1n) is 15.8. The summed E-state index contributed by atoms with van der Waals surface area (Å²) in [4.78, 5) is 2.37. The van der Waals surface area contributed by atoms with E-state index in [0.29, 0.717) is 0 Å². The Labute approximate surface area is 260 Å². The Bertz CT molecular complexity index is 2120. The van der Waals surface area contributed by atoms with Crippen molar-refractivity contribution in [1.82, 2.24) is 0 Å². The fraction of sp³-hybridized carbons (Fsp3) is 0.116. The highest BCUT2D eigenvalue weighted by Gasteiger charge is 2.40. The zero-order valence-electron chi connectivity index (χ0n) is 25.3. The van der Waals surface area contributed by atoms with Crippen LogP contribution in [0.1, 0.15) is 37.8 Å². The largest absolute Gasteiger partial charge is 0.310 e. The quantitative estimate of drug-likeness (QED) is 0.181. The van der Waals surface area contributed by atoms with Crippen molar-refractivity contribution >= 4 is 38.6 Å². The molecular formula is C43H35N. The summed E-state index contributed by atoms with van der Waals surface area (Å²) in [6.45, 7) is 4.70. The molecule has 44 heavy (non-hydrogen) atoms. The number of para-hydroxylation sites is 1. The average Bonchev–Trinajstić information content (AvgIpc) is 3.37. The van der Waals surface area contributed by atoms with Crippen molar-refractivity contribution in [3.8, 4) is 22.3 Å². The molecule has 0 heterocycles. The summed E-state index contributed by atoms with van der Waals surface area (Å²) in [6, 6.07) is 55.8. The minimum absolute atomic E-state index is 0.0520. The Morgan fingerprint density at radius 1 is 0.432 bits per heavy atom. The van der Waals surface area contributed by atoms with E-state index in [1.807, 2.05) is 0 Å². The number of hydrogen-bond acceptors (Lipinski definition) is 1. The number of fused-ring (bicyclic) bond motifs is 6. The van der Waals surface area contributed by atoms with Gasteiger partial charge in [0, 0.05) is 22.5 Å². The molecule has 0 unspecified atom stereocenters. The van der Waals surface area contributed by atoms with E-state index >= 15 is 0 Å². The molecule has 0 aliphatic heterocycles.